The van der Waals surface area contributed by atoms with Gasteiger partial charge in [0.25, 0.3) is 5.91 Å². The Hall–Kier alpha value is -2.40. The van der Waals surface area contributed by atoms with Crippen LogP contribution in [0.15, 0.2) is 35.4 Å². The van der Waals surface area contributed by atoms with Gasteiger partial charge < -0.3 is 5.32 Å². The predicted octanol–water partition coefficient (Wildman–Crippen LogP) is 2.80. The number of nitrogens with one attached hydrogen (secondary N) is 2. The number of sulfonamides is 1. The van der Waals surface area contributed by atoms with Crippen molar-refractivity contribution in [2.24, 2.45) is 0 Å². The zero-order chi connectivity index (χ0) is 22.4. The molecule has 30 heavy (non-hydrogen) atoms. The molecule has 1 heterocycles. The third-order valence-corrected chi connectivity index (χ3v) is 7.66. The number of benzene rings is 1. The first-order valence-corrected chi connectivity index (χ1v) is 13.2. The monoisotopic (exact) mass is 456 g/mol. The van der Waals surface area contributed by atoms with E-state index in [1.165, 1.54) is 37.5 Å². The topological polar surface area (TPSA) is 129 Å². The normalized spacial score (nSPS) is 12.0. The van der Waals surface area contributed by atoms with Gasteiger partial charge in [0, 0.05) is 12.7 Å². The van der Waals surface area contributed by atoms with Crippen LogP contribution in [0.5, 0.6) is 0 Å². The van der Waals surface area contributed by atoms with Crippen LogP contribution in [0.1, 0.15) is 49.4 Å². The second-order valence-electron chi connectivity index (χ2n) is 7.07. The Morgan fingerprint density at radius 1 is 1.07 bits per heavy atom. The Balaban J connectivity index is 2.05. The Bertz CT molecular complexity index is 1060. The molecule has 2 N–H and O–H groups in total. The molecule has 0 aliphatic heterocycles. The van der Waals surface area contributed by atoms with Crippen LogP contribution in [0.25, 0.3) is 0 Å². The van der Waals surface area contributed by atoms with Crippen molar-refractivity contribution in [3.8, 4) is 0 Å². The van der Waals surface area contributed by atoms with Crippen molar-refractivity contribution in [3.05, 3.63) is 36.0 Å². The highest BCUT2D eigenvalue weighted by Crippen LogP contribution is 2.21. The van der Waals surface area contributed by atoms with E-state index in [2.05, 4.69) is 22.4 Å². The number of unbranched alkanes of at least 4 members (excludes halogenated alkanes) is 4. The molecule has 9 nitrogen and oxygen atoms in total. The van der Waals surface area contributed by atoms with Crippen molar-refractivity contribution in [1.29, 1.82) is 0 Å². The number of carbonyl (C=O) groups excluding carboxylic acids is 1. The molecular weight excluding hydrogens is 428 g/mol. The number of rotatable bonds is 11. The van der Waals surface area contributed by atoms with Gasteiger partial charge in [0.1, 0.15) is 5.56 Å². The number of carbonyl (C=O) groups is 1. The van der Waals surface area contributed by atoms with Crippen LogP contribution in [0.3, 0.4) is 0 Å². The largest absolute Gasteiger partial charge is 0.322 e. The van der Waals surface area contributed by atoms with Crippen LogP contribution in [0.4, 0.5) is 11.5 Å². The summed E-state index contributed by atoms with van der Waals surface area (Å²) in [6.45, 7) is 2.11. The highest BCUT2D eigenvalue weighted by molar-refractivity contribution is 7.92. The summed E-state index contributed by atoms with van der Waals surface area (Å²) in [5, 5.41) is 8.86. The van der Waals surface area contributed by atoms with Crippen LogP contribution in [-0.2, 0) is 19.9 Å². The number of hydrogen-bond donors (Lipinski definition) is 2. The van der Waals surface area contributed by atoms with Gasteiger partial charge >= 0.3 is 0 Å². The molecule has 0 aliphatic carbocycles. The minimum absolute atomic E-state index is 0.0391. The van der Waals surface area contributed by atoms with Crippen LogP contribution in [0, 0.1) is 0 Å². The first kappa shape index (κ1) is 23.9. The maximum Gasteiger partial charge on any atom is 0.261 e. The third kappa shape index (κ3) is 6.30. The summed E-state index contributed by atoms with van der Waals surface area (Å²) in [5.74, 6) is -0.434. The van der Waals surface area contributed by atoms with E-state index in [1.807, 2.05) is 0 Å². The summed E-state index contributed by atoms with van der Waals surface area (Å²) < 4.78 is 49.2. The molecule has 166 valence electrons. The van der Waals surface area contributed by atoms with E-state index in [9.17, 15) is 21.6 Å². The predicted molar refractivity (Wildman–Crippen MR) is 117 cm³/mol. The molecule has 0 aliphatic rings. The lowest BCUT2D eigenvalue weighted by Crippen LogP contribution is -2.27. The molecule has 0 radical (unpaired) electrons. The number of aromatic nitrogens is 2. The molecule has 0 spiro atoms. The van der Waals surface area contributed by atoms with Crippen LogP contribution in [0.2, 0.25) is 0 Å². The van der Waals surface area contributed by atoms with Gasteiger partial charge in [0.05, 0.1) is 23.1 Å². The average molecular weight is 457 g/mol. The van der Waals surface area contributed by atoms with Gasteiger partial charge in [-0.05, 0) is 30.7 Å². The molecule has 0 saturated carbocycles. The van der Waals surface area contributed by atoms with E-state index in [0.29, 0.717) is 12.1 Å². The number of anilines is 2. The van der Waals surface area contributed by atoms with Gasteiger partial charge in [0.2, 0.25) is 10.0 Å². The lowest BCUT2D eigenvalue weighted by molar-refractivity contribution is 0.102. The summed E-state index contributed by atoms with van der Waals surface area (Å²) >= 11 is 0. The molecule has 0 atom stereocenters. The third-order valence-electron chi connectivity index (χ3n) is 4.66. The Morgan fingerprint density at radius 2 is 1.70 bits per heavy atom. The van der Waals surface area contributed by atoms with Crippen LogP contribution < -0.4 is 9.62 Å². The lowest BCUT2D eigenvalue weighted by atomic mass is 10.2. The molecule has 0 saturated heterocycles. The maximum absolute atomic E-state index is 12.5. The molecule has 11 heteroatoms. The smallest absolute Gasteiger partial charge is 0.261 e. The second-order valence-corrected chi connectivity index (χ2v) is 11.2. The van der Waals surface area contributed by atoms with Crippen molar-refractivity contribution in [2.75, 3.05) is 28.7 Å². The molecule has 1 amide bonds. The number of nitrogens with zero attached hydrogens (tertiary/aromatic N) is 2. The SMILES string of the molecule is CCCCCCCS(=O)(=O)c1ccc(NC(=O)c2cn[nH]c2N(C)S(C)(=O)=O)cc1. The quantitative estimate of drug-likeness (QED) is 0.500. The van der Waals surface area contributed by atoms with E-state index in [-0.39, 0.29) is 22.0 Å². The highest BCUT2D eigenvalue weighted by Gasteiger charge is 2.22. The number of amides is 1. The maximum atomic E-state index is 12.5. The number of aromatic amines is 1. The van der Waals surface area contributed by atoms with Crippen molar-refractivity contribution >= 4 is 37.3 Å². The van der Waals surface area contributed by atoms with E-state index >= 15 is 0 Å². The molecule has 0 fully saturated rings. The molecule has 1 aromatic carbocycles. The molecule has 2 aromatic rings. The Labute approximate surface area is 177 Å². The first-order chi connectivity index (χ1) is 14.1. The van der Waals surface area contributed by atoms with E-state index < -0.39 is 25.8 Å². The van der Waals surface area contributed by atoms with E-state index in [4.69, 9.17) is 0 Å². The summed E-state index contributed by atoms with van der Waals surface area (Å²) in [7, 11) is -5.64. The highest BCUT2D eigenvalue weighted by atomic mass is 32.2. The summed E-state index contributed by atoms with van der Waals surface area (Å²) in [6, 6.07) is 5.91. The van der Waals surface area contributed by atoms with Gasteiger partial charge in [-0.1, -0.05) is 32.6 Å². The molecule has 1 aromatic heterocycles. The lowest BCUT2D eigenvalue weighted by Gasteiger charge is -2.15. The molecule has 0 bridgehead atoms. The fraction of sp³-hybridized carbons (Fsp3) is 0.474. The Morgan fingerprint density at radius 3 is 2.30 bits per heavy atom. The average Bonchev–Trinajstić information content (AvgIpc) is 3.16. The summed E-state index contributed by atoms with van der Waals surface area (Å²) in [4.78, 5) is 12.7. The van der Waals surface area contributed by atoms with Gasteiger partial charge in [-0.3, -0.25) is 14.2 Å². The molecular formula is C19H28N4O5S2. The minimum Gasteiger partial charge on any atom is -0.322 e. The number of hydrogen-bond acceptors (Lipinski definition) is 6. The van der Waals surface area contributed by atoms with Gasteiger partial charge in [-0.2, -0.15) is 5.10 Å². The second kappa shape index (κ2) is 10.1. The van der Waals surface area contributed by atoms with Gasteiger partial charge in [0.15, 0.2) is 15.7 Å². The van der Waals surface area contributed by atoms with Crippen molar-refractivity contribution < 1.29 is 21.6 Å². The Kier molecular flexibility index (Phi) is 8.02. The fourth-order valence-electron chi connectivity index (χ4n) is 2.81. The number of sulfone groups is 1. The number of H-pyrrole nitrogens is 1. The fourth-order valence-corrected chi connectivity index (χ4v) is 4.65. The molecule has 0 unspecified atom stereocenters. The zero-order valence-corrected chi connectivity index (χ0v) is 19.0. The van der Waals surface area contributed by atoms with Crippen LogP contribution >= 0.6 is 0 Å². The van der Waals surface area contributed by atoms with Crippen molar-refractivity contribution in [3.63, 3.8) is 0 Å². The van der Waals surface area contributed by atoms with E-state index in [1.54, 1.807) is 0 Å². The van der Waals surface area contributed by atoms with Gasteiger partial charge in [-0.15, -0.1) is 0 Å². The standard InChI is InChI=1S/C19H28N4O5S2/c1-4-5-6-7-8-13-30(27,28)16-11-9-15(10-12-16)21-19(24)17-14-20-22-18(17)23(2)29(3,25)26/h9-12,14H,4-8,13H2,1-3H3,(H,20,22)(H,21,24). The van der Waals surface area contributed by atoms with E-state index in [0.717, 1.165) is 36.2 Å². The summed E-state index contributed by atoms with van der Waals surface area (Å²) in [6.07, 6.45) is 6.98. The minimum atomic E-state index is -3.57. The van der Waals surface area contributed by atoms with Crippen LogP contribution in [-0.4, -0.2) is 52.0 Å². The summed E-state index contributed by atoms with van der Waals surface area (Å²) in [5.41, 5.74) is 0.433. The first-order valence-electron chi connectivity index (χ1n) is 9.67. The van der Waals surface area contributed by atoms with Crippen molar-refractivity contribution in [1.82, 2.24) is 10.2 Å². The van der Waals surface area contributed by atoms with Gasteiger partial charge in [-0.25, -0.2) is 16.8 Å². The van der Waals surface area contributed by atoms with Crippen molar-refractivity contribution in [2.45, 2.75) is 43.9 Å². The molecule has 2 rings (SSSR count). The zero-order valence-electron chi connectivity index (χ0n) is 17.4.